The Morgan fingerprint density at radius 3 is 2.35 bits per heavy atom. The summed E-state index contributed by atoms with van der Waals surface area (Å²) in [5.41, 5.74) is 2.08. The van der Waals surface area contributed by atoms with Gasteiger partial charge in [-0.3, -0.25) is 14.2 Å². The summed E-state index contributed by atoms with van der Waals surface area (Å²) in [6.07, 6.45) is 5.34. The number of unbranched alkanes of at least 4 members (excludes halogenated alkanes) is 1. The van der Waals surface area contributed by atoms with Gasteiger partial charge in [-0.15, -0.1) is 0 Å². The molecule has 5 nitrogen and oxygen atoms in total. The summed E-state index contributed by atoms with van der Waals surface area (Å²) < 4.78 is 1.41. The number of hydrogen-bond donors (Lipinski definition) is 0. The number of nitrogens with zero attached hydrogens (tertiary/aromatic N) is 3. The van der Waals surface area contributed by atoms with Gasteiger partial charge < -0.3 is 9.80 Å². The van der Waals surface area contributed by atoms with E-state index in [0.717, 1.165) is 24.1 Å². The third-order valence-electron chi connectivity index (χ3n) is 4.21. The van der Waals surface area contributed by atoms with Crippen LogP contribution in [0.2, 0.25) is 0 Å². The molecule has 0 spiro atoms. The average Bonchev–Trinajstić information content (AvgIpc) is 2.64. The Morgan fingerprint density at radius 1 is 1.08 bits per heavy atom. The van der Waals surface area contributed by atoms with Gasteiger partial charge in [0.15, 0.2) is 0 Å². The van der Waals surface area contributed by atoms with E-state index in [1.165, 1.54) is 10.6 Å². The summed E-state index contributed by atoms with van der Waals surface area (Å²) in [7, 11) is 5.73. The molecule has 5 heteroatoms. The molecule has 1 heterocycles. The molecule has 0 fully saturated rings. The Balaban J connectivity index is 2.45. The molecule has 1 amide bonds. The van der Waals surface area contributed by atoms with Crippen LogP contribution in [0.25, 0.3) is 11.8 Å². The van der Waals surface area contributed by atoms with Crippen molar-refractivity contribution in [2.75, 3.05) is 32.6 Å². The van der Waals surface area contributed by atoms with Crippen LogP contribution in [0, 0.1) is 0 Å². The molecule has 1 aromatic carbocycles. The minimum atomic E-state index is -0.221. The third-order valence-corrected chi connectivity index (χ3v) is 4.21. The second-order valence-electron chi connectivity index (χ2n) is 6.50. The molecule has 0 saturated heterocycles. The van der Waals surface area contributed by atoms with Crippen LogP contribution >= 0.6 is 0 Å². The lowest BCUT2D eigenvalue weighted by Crippen LogP contribution is -2.33. The van der Waals surface area contributed by atoms with Crippen LogP contribution in [0.15, 0.2) is 53.5 Å². The van der Waals surface area contributed by atoms with Gasteiger partial charge in [0.2, 0.25) is 0 Å². The Hall–Kier alpha value is -2.82. The molecule has 138 valence electrons. The first-order valence-corrected chi connectivity index (χ1v) is 8.86. The van der Waals surface area contributed by atoms with E-state index in [0.29, 0.717) is 12.2 Å². The normalized spacial score (nSPS) is 11.3. The Labute approximate surface area is 155 Å². The molecule has 0 aliphatic rings. The zero-order chi connectivity index (χ0) is 19.1. The summed E-state index contributed by atoms with van der Waals surface area (Å²) in [5.74, 6) is -0.163. The van der Waals surface area contributed by atoms with Crippen molar-refractivity contribution in [2.45, 2.75) is 19.8 Å². The van der Waals surface area contributed by atoms with Crippen molar-refractivity contribution in [3.8, 4) is 0 Å². The predicted octanol–water partition coefficient (Wildman–Crippen LogP) is 3.17. The molecule has 0 atom stereocenters. The van der Waals surface area contributed by atoms with Crippen LogP contribution < -0.4 is 10.5 Å². The van der Waals surface area contributed by atoms with E-state index in [1.54, 1.807) is 36.4 Å². The van der Waals surface area contributed by atoms with Crippen LogP contribution in [0.5, 0.6) is 0 Å². The summed E-state index contributed by atoms with van der Waals surface area (Å²) in [6, 6.07) is 12.8. The number of hydrogen-bond acceptors (Lipinski definition) is 3. The van der Waals surface area contributed by atoms with Gasteiger partial charge in [-0.25, -0.2) is 0 Å². The Morgan fingerprint density at radius 2 is 1.77 bits per heavy atom. The Bertz CT molecular complexity index is 820. The summed E-state index contributed by atoms with van der Waals surface area (Å²) >= 11 is 0. The van der Waals surface area contributed by atoms with E-state index < -0.39 is 0 Å². The van der Waals surface area contributed by atoms with Crippen molar-refractivity contribution in [3.05, 3.63) is 64.6 Å². The highest BCUT2D eigenvalue weighted by Crippen LogP contribution is 2.17. The lowest BCUT2D eigenvalue weighted by atomic mass is 10.1. The van der Waals surface area contributed by atoms with Gasteiger partial charge in [0.1, 0.15) is 5.70 Å². The van der Waals surface area contributed by atoms with Crippen molar-refractivity contribution in [3.63, 3.8) is 0 Å². The number of anilines is 1. The minimum absolute atomic E-state index is 0.163. The van der Waals surface area contributed by atoms with Gasteiger partial charge in [0.25, 0.3) is 11.5 Å². The molecular weight excluding hydrogens is 326 g/mol. The maximum Gasteiger partial charge on any atom is 0.270 e. The standard InChI is InChI=1S/C21H27N3O2/c1-5-6-14-23(4)21(26)19(24-15-8-7-9-20(24)25)16-17-10-12-18(13-11-17)22(2)3/h7-13,15-16H,5-6,14H2,1-4H3. The fourth-order valence-corrected chi connectivity index (χ4v) is 2.58. The maximum atomic E-state index is 13.0. The zero-order valence-electron chi connectivity index (χ0n) is 16.0. The van der Waals surface area contributed by atoms with Gasteiger partial charge in [-0.1, -0.05) is 31.5 Å². The van der Waals surface area contributed by atoms with Crippen LogP contribution in [0.1, 0.15) is 25.3 Å². The summed E-state index contributed by atoms with van der Waals surface area (Å²) in [5, 5.41) is 0. The highest BCUT2D eigenvalue weighted by atomic mass is 16.2. The lowest BCUT2D eigenvalue weighted by Gasteiger charge is -2.20. The molecule has 0 saturated carbocycles. The van der Waals surface area contributed by atoms with Gasteiger partial charge in [-0.2, -0.15) is 0 Å². The summed E-state index contributed by atoms with van der Waals surface area (Å²) in [6.45, 7) is 2.75. The molecule has 0 aliphatic carbocycles. The van der Waals surface area contributed by atoms with E-state index in [1.807, 2.05) is 43.3 Å². The molecule has 0 aliphatic heterocycles. The number of amides is 1. The average molecular weight is 353 g/mol. The van der Waals surface area contributed by atoms with Gasteiger partial charge in [-0.05, 0) is 36.3 Å². The van der Waals surface area contributed by atoms with Gasteiger partial charge >= 0.3 is 0 Å². The first kappa shape index (κ1) is 19.5. The number of likely N-dealkylation sites (N-methyl/N-ethyl adjacent to an activating group) is 1. The van der Waals surface area contributed by atoms with E-state index in [-0.39, 0.29) is 11.5 Å². The second kappa shape index (κ2) is 9.04. The second-order valence-corrected chi connectivity index (χ2v) is 6.50. The number of pyridine rings is 1. The molecule has 2 rings (SSSR count). The molecule has 2 aromatic rings. The molecule has 26 heavy (non-hydrogen) atoms. The van der Waals surface area contributed by atoms with Crippen molar-refractivity contribution in [1.82, 2.24) is 9.47 Å². The molecular formula is C21H27N3O2. The van der Waals surface area contributed by atoms with E-state index in [4.69, 9.17) is 0 Å². The lowest BCUT2D eigenvalue weighted by molar-refractivity contribution is -0.124. The first-order valence-electron chi connectivity index (χ1n) is 8.86. The highest BCUT2D eigenvalue weighted by molar-refractivity contribution is 6.18. The molecule has 0 bridgehead atoms. The third kappa shape index (κ3) is 4.85. The fraction of sp³-hybridized carbons (Fsp3) is 0.333. The summed E-state index contributed by atoms with van der Waals surface area (Å²) in [4.78, 5) is 28.9. The molecule has 0 unspecified atom stereocenters. The van der Waals surface area contributed by atoms with Crippen LogP contribution in [0.4, 0.5) is 5.69 Å². The van der Waals surface area contributed by atoms with Crippen LogP contribution in [-0.2, 0) is 4.79 Å². The quantitative estimate of drug-likeness (QED) is 0.718. The van der Waals surface area contributed by atoms with Crippen LogP contribution in [0.3, 0.4) is 0 Å². The van der Waals surface area contributed by atoms with Crippen molar-refractivity contribution in [2.24, 2.45) is 0 Å². The number of carbonyl (C=O) groups excluding carboxylic acids is 1. The van der Waals surface area contributed by atoms with E-state index >= 15 is 0 Å². The van der Waals surface area contributed by atoms with Gasteiger partial charge in [0.05, 0.1) is 0 Å². The maximum absolute atomic E-state index is 13.0. The molecule has 0 radical (unpaired) electrons. The molecule has 0 N–H and O–H groups in total. The highest BCUT2D eigenvalue weighted by Gasteiger charge is 2.17. The van der Waals surface area contributed by atoms with E-state index in [9.17, 15) is 9.59 Å². The fourth-order valence-electron chi connectivity index (χ4n) is 2.58. The zero-order valence-corrected chi connectivity index (χ0v) is 16.0. The Kier molecular flexibility index (Phi) is 6.78. The topological polar surface area (TPSA) is 45.6 Å². The minimum Gasteiger partial charge on any atom is -0.378 e. The van der Waals surface area contributed by atoms with Crippen molar-refractivity contribution < 1.29 is 4.79 Å². The predicted molar refractivity (Wildman–Crippen MR) is 108 cm³/mol. The SMILES string of the molecule is CCCCN(C)C(=O)C(=Cc1ccc(N(C)C)cc1)n1ccccc1=O. The monoisotopic (exact) mass is 353 g/mol. The van der Waals surface area contributed by atoms with Gasteiger partial charge in [0, 0.05) is 45.6 Å². The number of rotatable bonds is 7. The first-order chi connectivity index (χ1) is 12.4. The van der Waals surface area contributed by atoms with Crippen molar-refractivity contribution in [1.29, 1.82) is 0 Å². The number of carbonyl (C=O) groups is 1. The van der Waals surface area contributed by atoms with Crippen LogP contribution in [-0.4, -0.2) is 43.1 Å². The van der Waals surface area contributed by atoms with Crippen molar-refractivity contribution >= 4 is 23.4 Å². The number of benzene rings is 1. The molecule has 1 aromatic heterocycles. The largest absolute Gasteiger partial charge is 0.378 e. The number of aromatic nitrogens is 1. The smallest absolute Gasteiger partial charge is 0.270 e. The van der Waals surface area contributed by atoms with E-state index in [2.05, 4.69) is 6.92 Å².